The predicted molar refractivity (Wildman–Crippen MR) is 111 cm³/mol. The number of hydrogen-bond acceptors (Lipinski definition) is 4. The Morgan fingerprint density at radius 2 is 1.78 bits per heavy atom. The Labute approximate surface area is 169 Å². The molecular weight excluding hydrogens is 385 g/mol. The second kappa shape index (κ2) is 8.83. The minimum absolute atomic E-state index is 0.0771. The van der Waals surface area contributed by atoms with Crippen molar-refractivity contribution in [2.24, 2.45) is 0 Å². The highest BCUT2D eigenvalue weighted by Crippen LogP contribution is 2.28. The summed E-state index contributed by atoms with van der Waals surface area (Å²) in [5, 5.41) is 4.21. The Balaban J connectivity index is 1.59. The van der Waals surface area contributed by atoms with Crippen LogP contribution in [-0.2, 0) is 4.79 Å². The quantitative estimate of drug-likeness (QED) is 0.808. The van der Waals surface area contributed by atoms with Gasteiger partial charge in [0, 0.05) is 41.9 Å². The van der Waals surface area contributed by atoms with E-state index in [9.17, 15) is 4.79 Å². The molecule has 0 radical (unpaired) electrons. The average Bonchev–Trinajstić information content (AvgIpc) is 2.67. The molecule has 2 aromatic rings. The SMILES string of the molecule is COc1ccc(Cl)cc1NC(=O)[C@H](C)N1CCN(c2cccc(Cl)c2)CC1. The van der Waals surface area contributed by atoms with E-state index in [-0.39, 0.29) is 11.9 Å². The van der Waals surface area contributed by atoms with E-state index in [1.165, 1.54) is 0 Å². The Morgan fingerprint density at radius 1 is 1.07 bits per heavy atom. The monoisotopic (exact) mass is 407 g/mol. The molecule has 3 rings (SSSR count). The van der Waals surface area contributed by atoms with Crippen LogP contribution in [0.1, 0.15) is 6.92 Å². The van der Waals surface area contributed by atoms with E-state index >= 15 is 0 Å². The molecule has 0 saturated carbocycles. The molecule has 1 atom stereocenters. The lowest BCUT2D eigenvalue weighted by atomic mass is 10.2. The molecule has 1 fully saturated rings. The summed E-state index contributed by atoms with van der Waals surface area (Å²) in [6, 6.07) is 12.8. The Hall–Kier alpha value is -1.95. The van der Waals surface area contributed by atoms with Crippen molar-refractivity contribution in [1.29, 1.82) is 0 Å². The molecular formula is C20H23Cl2N3O2. The highest BCUT2D eigenvalue weighted by atomic mass is 35.5. The van der Waals surface area contributed by atoms with Crippen LogP contribution in [0.2, 0.25) is 10.0 Å². The van der Waals surface area contributed by atoms with Crippen molar-refractivity contribution < 1.29 is 9.53 Å². The van der Waals surface area contributed by atoms with E-state index in [1.54, 1.807) is 25.3 Å². The Bertz CT molecular complexity index is 808. The van der Waals surface area contributed by atoms with Crippen molar-refractivity contribution in [3.63, 3.8) is 0 Å². The standard InChI is InChI=1S/C20H23Cl2N3O2/c1-14(20(26)23-18-13-16(22)6-7-19(18)27-2)24-8-10-25(11-9-24)17-5-3-4-15(21)12-17/h3-7,12-14H,8-11H2,1-2H3,(H,23,26)/t14-/m0/s1. The highest BCUT2D eigenvalue weighted by Gasteiger charge is 2.26. The molecule has 1 saturated heterocycles. The van der Waals surface area contributed by atoms with E-state index in [0.29, 0.717) is 16.5 Å². The molecule has 7 heteroatoms. The number of ether oxygens (including phenoxy) is 1. The van der Waals surface area contributed by atoms with E-state index in [4.69, 9.17) is 27.9 Å². The zero-order chi connectivity index (χ0) is 19.4. The minimum Gasteiger partial charge on any atom is -0.495 e. The average molecular weight is 408 g/mol. The number of rotatable bonds is 5. The van der Waals surface area contributed by atoms with Gasteiger partial charge in [-0.15, -0.1) is 0 Å². The van der Waals surface area contributed by atoms with Gasteiger partial charge in [-0.1, -0.05) is 29.3 Å². The van der Waals surface area contributed by atoms with Gasteiger partial charge in [-0.25, -0.2) is 0 Å². The first-order chi connectivity index (χ1) is 13.0. The van der Waals surface area contributed by atoms with E-state index in [0.717, 1.165) is 36.9 Å². The van der Waals surface area contributed by atoms with Crippen molar-refractivity contribution in [2.75, 3.05) is 43.5 Å². The second-order valence-electron chi connectivity index (χ2n) is 6.51. The van der Waals surface area contributed by atoms with Crippen LogP contribution >= 0.6 is 23.2 Å². The van der Waals surface area contributed by atoms with Gasteiger partial charge in [-0.3, -0.25) is 9.69 Å². The lowest BCUT2D eigenvalue weighted by Gasteiger charge is -2.38. The second-order valence-corrected chi connectivity index (χ2v) is 7.39. The van der Waals surface area contributed by atoms with Gasteiger partial charge in [0.2, 0.25) is 5.91 Å². The number of amides is 1. The van der Waals surface area contributed by atoms with Crippen molar-refractivity contribution in [1.82, 2.24) is 4.90 Å². The van der Waals surface area contributed by atoms with Crippen LogP contribution in [-0.4, -0.2) is 50.1 Å². The van der Waals surface area contributed by atoms with Gasteiger partial charge in [0.15, 0.2) is 0 Å². The molecule has 2 aromatic carbocycles. The van der Waals surface area contributed by atoms with Crippen molar-refractivity contribution in [2.45, 2.75) is 13.0 Å². The van der Waals surface area contributed by atoms with Gasteiger partial charge in [0.1, 0.15) is 5.75 Å². The largest absolute Gasteiger partial charge is 0.495 e. The molecule has 0 spiro atoms. The number of nitrogens with zero attached hydrogens (tertiary/aromatic N) is 2. The zero-order valence-electron chi connectivity index (χ0n) is 15.4. The third-order valence-corrected chi connectivity index (χ3v) is 5.30. The number of benzene rings is 2. The summed E-state index contributed by atoms with van der Waals surface area (Å²) in [4.78, 5) is 17.2. The van der Waals surface area contributed by atoms with Crippen molar-refractivity contribution in [3.8, 4) is 5.75 Å². The van der Waals surface area contributed by atoms with E-state index in [2.05, 4.69) is 21.2 Å². The maximum atomic E-state index is 12.7. The summed E-state index contributed by atoms with van der Waals surface area (Å²) in [6.45, 7) is 5.21. The summed E-state index contributed by atoms with van der Waals surface area (Å²) in [7, 11) is 1.57. The van der Waals surface area contributed by atoms with Crippen molar-refractivity contribution >= 4 is 40.5 Å². The van der Waals surface area contributed by atoms with E-state index in [1.807, 2.05) is 25.1 Å². The van der Waals surface area contributed by atoms with Gasteiger partial charge in [0.05, 0.1) is 18.8 Å². The molecule has 1 heterocycles. The first kappa shape index (κ1) is 19.8. The summed E-state index contributed by atoms with van der Waals surface area (Å²) in [6.07, 6.45) is 0. The summed E-state index contributed by atoms with van der Waals surface area (Å²) < 4.78 is 5.29. The number of methoxy groups -OCH3 is 1. The number of carbonyl (C=O) groups excluding carboxylic acids is 1. The molecule has 27 heavy (non-hydrogen) atoms. The molecule has 144 valence electrons. The molecule has 0 aliphatic carbocycles. The molecule has 0 bridgehead atoms. The van der Waals surface area contributed by atoms with Gasteiger partial charge in [0.25, 0.3) is 0 Å². The van der Waals surface area contributed by atoms with Crippen LogP contribution in [0.3, 0.4) is 0 Å². The molecule has 1 amide bonds. The lowest BCUT2D eigenvalue weighted by molar-refractivity contribution is -0.120. The number of hydrogen-bond donors (Lipinski definition) is 1. The number of nitrogens with one attached hydrogen (secondary N) is 1. The minimum atomic E-state index is -0.254. The topological polar surface area (TPSA) is 44.8 Å². The fraction of sp³-hybridized carbons (Fsp3) is 0.350. The lowest BCUT2D eigenvalue weighted by Crippen LogP contribution is -2.52. The molecule has 1 aliphatic heterocycles. The molecule has 1 N–H and O–H groups in total. The van der Waals surface area contributed by atoms with Crippen LogP contribution in [0.4, 0.5) is 11.4 Å². The first-order valence-corrected chi connectivity index (χ1v) is 9.62. The van der Waals surface area contributed by atoms with E-state index < -0.39 is 0 Å². The van der Waals surface area contributed by atoms with Gasteiger partial charge in [-0.2, -0.15) is 0 Å². The maximum Gasteiger partial charge on any atom is 0.241 e. The van der Waals surface area contributed by atoms with Crippen molar-refractivity contribution in [3.05, 3.63) is 52.5 Å². The third kappa shape index (κ3) is 4.86. The smallest absolute Gasteiger partial charge is 0.241 e. The number of piperazine rings is 1. The zero-order valence-corrected chi connectivity index (χ0v) is 16.9. The highest BCUT2D eigenvalue weighted by molar-refractivity contribution is 6.31. The van der Waals surface area contributed by atoms with Gasteiger partial charge < -0.3 is 15.0 Å². The number of halogens is 2. The summed E-state index contributed by atoms with van der Waals surface area (Å²) in [5.41, 5.74) is 1.70. The van der Waals surface area contributed by atoms with Crippen LogP contribution in [0.5, 0.6) is 5.75 Å². The number of anilines is 2. The first-order valence-electron chi connectivity index (χ1n) is 8.87. The molecule has 5 nitrogen and oxygen atoms in total. The molecule has 1 aliphatic rings. The van der Waals surface area contributed by atoms with Crippen LogP contribution in [0.15, 0.2) is 42.5 Å². The molecule has 0 aromatic heterocycles. The summed E-state index contributed by atoms with van der Waals surface area (Å²) in [5.74, 6) is 0.512. The fourth-order valence-corrected chi connectivity index (χ4v) is 3.58. The normalized spacial score (nSPS) is 16.1. The van der Waals surface area contributed by atoms with Gasteiger partial charge in [-0.05, 0) is 43.3 Å². The van der Waals surface area contributed by atoms with Crippen LogP contribution in [0.25, 0.3) is 0 Å². The van der Waals surface area contributed by atoms with Crippen LogP contribution in [0, 0.1) is 0 Å². The summed E-state index contributed by atoms with van der Waals surface area (Å²) >= 11 is 12.1. The van der Waals surface area contributed by atoms with Crippen LogP contribution < -0.4 is 15.0 Å². The van der Waals surface area contributed by atoms with Gasteiger partial charge >= 0.3 is 0 Å². The number of carbonyl (C=O) groups is 1. The molecule has 0 unspecified atom stereocenters. The third-order valence-electron chi connectivity index (χ3n) is 4.83. The Kier molecular flexibility index (Phi) is 6.47. The fourth-order valence-electron chi connectivity index (χ4n) is 3.22. The predicted octanol–water partition coefficient (Wildman–Crippen LogP) is 4.15. The Morgan fingerprint density at radius 3 is 2.44 bits per heavy atom. The maximum absolute atomic E-state index is 12.7.